The zero-order valence-electron chi connectivity index (χ0n) is 10.3. The number of anilines is 1. The van der Waals surface area contributed by atoms with Gasteiger partial charge in [0.25, 0.3) is 0 Å². The average molecular weight is 408 g/mol. The number of methoxy groups -OCH3 is 1. The summed E-state index contributed by atoms with van der Waals surface area (Å²) in [6.07, 6.45) is 0. The number of thiophene rings is 1. The van der Waals surface area contributed by atoms with Crippen LogP contribution in [-0.4, -0.2) is 13.1 Å². The summed E-state index contributed by atoms with van der Waals surface area (Å²) in [5.41, 5.74) is 8.32. The number of carbonyl (C=O) groups excluding carboxylic acids is 1. The fourth-order valence-corrected chi connectivity index (χ4v) is 3.84. The van der Waals surface area contributed by atoms with Crippen molar-refractivity contribution in [3.63, 3.8) is 0 Å². The molecule has 19 heavy (non-hydrogen) atoms. The summed E-state index contributed by atoms with van der Waals surface area (Å²) in [6.45, 7) is 1.89. The number of nitrogens with two attached hydrogens (primary N) is 1. The van der Waals surface area contributed by atoms with Gasteiger partial charge in [0.05, 0.1) is 12.8 Å². The number of hydrogen-bond acceptors (Lipinski definition) is 4. The summed E-state index contributed by atoms with van der Waals surface area (Å²) in [5, 5.41) is 0.654. The van der Waals surface area contributed by atoms with Crippen molar-refractivity contribution in [1.82, 2.24) is 0 Å². The molecule has 2 N–H and O–H groups in total. The third-order valence-corrected chi connectivity index (χ3v) is 5.23. The Balaban J connectivity index is 2.63. The molecule has 0 saturated carbocycles. The van der Waals surface area contributed by atoms with Crippen LogP contribution in [0.3, 0.4) is 0 Å². The van der Waals surface area contributed by atoms with Crippen LogP contribution in [-0.2, 0) is 4.74 Å². The molecule has 3 nitrogen and oxygen atoms in total. The van der Waals surface area contributed by atoms with Gasteiger partial charge >= 0.3 is 5.97 Å². The van der Waals surface area contributed by atoms with Crippen molar-refractivity contribution in [2.24, 2.45) is 0 Å². The van der Waals surface area contributed by atoms with E-state index < -0.39 is 5.97 Å². The Labute approximate surface area is 133 Å². The van der Waals surface area contributed by atoms with Gasteiger partial charge in [0, 0.05) is 19.0 Å². The lowest BCUT2D eigenvalue weighted by atomic mass is 10.1. The van der Waals surface area contributed by atoms with Crippen LogP contribution in [0.15, 0.2) is 18.2 Å². The normalized spacial score (nSPS) is 10.5. The number of nitrogen functional groups attached to an aromatic ring is 1. The van der Waals surface area contributed by atoms with Gasteiger partial charge in [0.15, 0.2) is 0 Å². The van der Waals surface area contributed by atoms with E-state index in [1.807, 2.05) is 25.1 Å². The Morgan fingerprint density at radius 2 is 2.16 bits per heavy atom. The van der Waals surface area contributed by atoms with Crippen molar-refractivity contribution in [3.8, 4) is 10.4 Å². The van der Waals surface area contributed by atoms with Crippen molar-refractivity contribution >= 4 is 57.2 Å². The lowest BCUT2D eigenvalue weighted by Gasteiger charge is -2.04. The van der Waals surface area contributed by atoms with E-state index in [-0.39, 0.29) is 0 Å². The summed E-state index contributed by atoms with van der Waals surface area (Å²) < 4.78 is 5.80. The fraction of sp³-hybridized carbons (Fsp3) is 0.154. The van der Waals surface area contributed by atoms with Gasteiger partial charge in [-0.05, 0) is 53.3 Å². The number of benzene rings is 1. The van der Waals surface area contributed by atoms with Crippen LogP contribution in [0.1, 0.15) is 15.2 Å². The Kier molecular flexibility index (Phi) is 4.37. The lowest BCUT2D eigenvalue weighted by molar-refractivity contribution is 0.0607. The predicted molar refractivity (Wildman–Crippen MR) is 88.0 cm³/mol. The molecule has 2 aromatic rings. The van der Waals surface area contributed by atoms with Crippen molar-refractivity contribution in [2.45, 2.75) is 6.92 Å². The summed E-state index contributed by atoms with van der Waals surface area (Å²) in [5.74, 6) is -0.408. The highest BCUT2D eigenvalue weighted by Gasteiger charge is 2.21. The highest BCUT2D eigenvalue weighted by molar-refractivity contribution is 14.1. The average Bonchev–Trinajstić information content (AvgIpc) is 2.69. The molecule has 0 spiro atoms. The third-order valence-electron chi connectivity index (χ3n) is 2.74. The summed E-state index contributed by atoms with van der Waals surface area (Å²) in [6, 6.07) is 5.65. The van der Waals surface area contributed by atoms with Crippen LogP contribution in [0.5, 0.6) is 0 Å². The number of esters is 1. The molecule has 1 heterocycles. The molecule has 0 atom stereocenters. The molecule has 0 radical (unpaired) electrons. The van der Waals surface area contributed by atoms with E-state index in [2.05, 4.69) is 22.6 Å². The minimum Gasteiger partial charge on any atom is -0.465 e. The monoisotopic (exact) mass is 407 g/mol. The summed E-state index contributed by atoms with van der Waals surface area (Å²) >= 11 is 9.60. The van der Waals surface area contributed by atoms with Crippen LogP contribution < -0.4 is 5.73 Å². The standard InChI is InChI=1S/C13H11ClINO2S/c1-6-10(16)12(13(17)18-2)19-11(6)8-5-7(14)3-4-9(8)15/h3-5H,16H2,1-2H3. The SMILES string of the molecule is COC(=O)c1sc(-c2cc(Cl)ccc2I)c(C)c1N. The molecule has 1 aromatic heterocycles. The van der Waals surface area contributed by atoms with E-state index in [1.165, 1.54) is 18.4 Å². The van der Waals surface area contributed by atoms with Crippen molar-refractivity contribution in [3.05, 3.63) is 37.2 Å². The predicted octanol–water partition coefficient (Wildman–Crippen LogP) is 4.35. The molecule has 0 unspecified atom stereocenters. The molecule has 0 aliphatic rings. The van der Waals surface area contributed by atoms with E-state index >= 15 is 0 Å². The van der Waals surface area contributed by atoms with E-state index in [0.29, 0.717) is 15.6 Å². The molecule has 0 bridgehead atoms. The van der Waals surface area contributed by atoms with Gasteiger partial charge in [-0.25, -0.2) is 4.79 Å². The number of ether oxygens (including phenoxy) is 1. The molecule has 100 valence electrons. The molecule has 0 fully saturated rings. The van der Waals surface area contributed by atoms with E-state index in [4.69, 9.17) is 22.1 Å². The van der Waals surface area contributed by atoms with E-state index in [9.17, 15) is 4.79 Å². The van der Waals surface area contributed by atoms with Crippen molar-refractivity contribution < 1.29 is 9.53 Å². The van der Waals surface area contributed by atoms with Crippen LogP contribution in [0, 0.1) is 10.5 Å². The molecule has 1 aromatic carbocycles. The topological polar surface area (TPSA) is 52.3 Å². The van der Waals surface area contributed by atoms with Crippen LogP contribution >= 0.6 is 45.5 Å². The van der Waals surface area contributed by atoms with Gasteiger partial charge in [0.2, 0.25) is 0 Å². The van der Waals surface area contributed by atoms with Gasteiger partial charge in [-0.2, -0.15) is 0 Å². The summed E-state index contributed by atoms with van der Waals surface area (Å²) in [7, 11) is 1.35. The second-order valence-corrected chi connectivity index (χ2v) is 6.53. The van der Waals surface area contributed by atoms with E-state index in [1.54, 1.807) is 0 Å². The first-order valence-electron chi connectivity index (χ1n) is 5.38. The van der Waals surface area contributed by atoms with Crippen molar-refractivity contribution in [2.75, 3.05) is 12.8 Å². The first-order valence-corrected chi connectivity index (χ1v) is 7.65. The van der Waals surface area contributed by atoms with Crippen molar-refractivity contribution in [1.29, 1.82) is 0 Å². The second kappa shape index (κ2) is 5.68. The highest BCUT2D eigenvalue weighted by Crippen LogP contribution is 2.40. The van der Waals surface area contributed by atoms with Gasteiger partial charge in [-0.1, -0.05) is 11.6 Å². The van der Waals surface area contributed by atoms with Crippen LogP contribution in [0.4, 0.5) is 5.69 Å². The number of halogens is 2. The Bertz CT molecular complexity index is 654. The first kappa shape index (κ1) is 14.6. The zero-order valence-corrected chi connectivity index (χ0v) is 14.0. The van der Waals surface area contributed by atoms with Crippen LogP contribution in [0.2, 0.25) is 5.02 Å². The smallest absolute Gasteiger partial charge is 0.350 e. The van der Waals surface area contributed by atoms with Gasteiger partial charge in [-0.15, -0.1) is 11.3 Å². The quantitative estimate of drug-likeness (QED) is 0.595. The maximum Gasteiger partial charge on any atom is 0.350 e. The molecule has 2 rings (SSSR count). The number of rotatable bonds is 2. The lowest BCUT2D eigenvalue weighted by Crippen LogP contribution is -2.01. The third kappa shape index (κ3) is 2.73. The van der Waals surface area contributed by atoms with Gasteiger partial charge in [-0.3, -0.25) is 0 Å². The first-order chi connectivity index (χ1) is 8.95. The van der Waals surface area contributed by atoms with E-state index in [0.717, 1.165) is 19.6 Å². The molecule has 0 amide bonds. The summed E-state index contributed by atoms with van der Waals surface area (Å²) in [4.78, 5) is 13.0. The molecular weight excluding hydrogens is 397 g/mol. The zero-order chi connectivity index (χ0) is 14.2. The number of hydrogen-bond donors (Lipinski definition) is 1. The molecule has 0 aliphatic carbocycles. The molecule has 6 heteroatoms. The molecular formula is C13H11ClINO2S. The minimum atomic E-state index is -0.408. The number of carbonyl (C=O) groups is 1. The fourth-order valence-electron chi connectivity index (χ4n) is 1.70. The second-order valence-electron chi connectivity index (χ2n) is 3.91. The Morgan fingerprint density at radius 1 is 1.47 bits per heavy atom. The highest BCUT2D eigenvalue weighted by atomic mass is 127. The largest absolute Gasteiger partial charge is 0.465 e. The maximum atomic E-state index is 11.7. The van der Waals surface area contributed by atoms with Gasteiger partial charge < -0.3 is 10.5 Å². The maximum absolute atomic E-state index is 11.7. The molecule has 0 aliphatic heterocycles. The Morgan fingerprint density at radius 3 is 2.79 bits per heavy atom. The van der Waals surface area contributed by atoms with Crippen LogP contribution in [0.25, 0.3) is 10.4 Å². The Hall–Kier alpha value is -0.790. The molecule has 0 saturated heterocycles. The van der Waals surface area contributed by atoms with Gasteiger partial charge in [0.1, 0.15) is 4.88 Å². The minimum absolute atomic E-state index is 0.408.